The zero-order chi connectivity index (χ0) is 42.1. The summed E-state index contributed by atoms with van der Waals surface area (Å²) in [5.41, 5.74) is 0. The maximum atomic E-state index is 12.8. The van der Waals surface area contributed by atoms with Gasteiger partial charge < -0.3 is 14.2 Å². The van der Waals surface area contributed by atoms with E-state index in [9.17, 15) is 9.59 Å². The molecule has 0 aliphatic carbocycles. The van der Waals surface area contributed by atoms with E-state index in [1.807, 2.05) is 0 Å². The lowest BCUT2D eigenvalue weighted by atomic mass is 10.1. The number of unbranched alkanes of at least 4 members (excludes halogenated alkanes) is 24. The number of hydrogen-bond acceptors (Lipinski definition) is 5. The number of ether oxygens (including phenoxy) is 3. The highest BCUT2D eigenvalue weighted by molar-refractivity contribution is 5.70. The van der Waals surface area contributed by atoms with Crippen LogP contribution in [0.4, 0.5) is 0 Å². The Kier molecular flexibility index (Phi) is 46.9. The Morgan fingerprint density at radius 3 is 1.26 bits per heavy atom. The fraction of sp³-hybridized carbons (Fsp3) is 0.774. The van der Waals surface area contributed by atoms with Crippen LogP contribution in [0.5, 0.6) is 0 Å². The van der Waals surface area contributed by atoms with Crippen molar-refractivity contribution in [3.05, 3.63) is 60.8 Å². The van der Waals surface area contributed by atoms with Crippen LogP contribution in [0.15, 0.2) is 60.8 Å². The van der Waals surface area contributed by atoms with E-state index < -0.39 is 6.10 Å². The van der Waals surface area contributed by atoms with Gasteiger partial charge in [-0.05, 0) is 103 Å². The molecule has 0 aromatic carbocycles. The molecule has 0 spiro atoms. The summed E-state index contributed by atoms with van der Waals surface area (Å²) < 4.78 is 17.3. The lowest BCUT2D eigenvalue weighted by Gasteiger charge is -2.18. The van der Waals surface area contributed by atoms with Gasteiger partial charge in [0.1, 0.15) is 6.61 Å². The molecule has 0 aromatic heterocycles. The molecule has 336 valence electrons. The number of rotatable bonds is 45. The van der Waals surface area contributed by atoms with Gasteiger partial charge in [0.15, 0.2) is 6.10 Å². The normalized spacial score (nSPS) is 12.7. The minimum atomic E-state index is -0.552. The summed E-state index contributed by atoms with van der Waals surface area (Å²) in [5, 5.41) is 0. The molecule has 0 N–H and O–H groups in total. The zero-order valence-corrected chi connectivity index (χ0v) is 38.6. The van der Waals surface area contributed by atoms with E-state index in [4.69, 9.17) is 14.2 Å². The van der Waals surface area contributed by atoms with Crippen LogP contribution in [0.25, 0.3) is 0 Å². The van der Waals surface area contributed by atoms with Crippen LogP contribution >= 0.6 is 0 Å². The SMILES string of the molecule is CCC/C=C\C/C=C\CCCCCCCC(=O)OC(COCCCCCCCC/C=C\CCCCCC)COC(=O)CCCCCCC/C=C\C/C=C\CCCCC. The second kappa shape index (κ2) is 49.0. The lowest BCUT2D eigenvalue weighted by molar-refractivity contribution is -0.163. The average molecular weight is 811 g/mol. The van der Waals surface area contributed by atoms with Gasteiger partial charge in [0.2, 0.25) is 0 Å². The Hall–Kier alpha value is -2.40. The van der Waals surface area contributed by atoms with Crippen LogP contribution in [-0.2, 0) is 23.8 Å². The molecule has 0 fully saturated rings. The van der Waals surface area contributed by atoms with E-state index in [-0.39, 0.29) is 25.2 Å². The van der Waals surface area contributed by atoms with Crippen LogP contribution < -0.4 is 0 Å². The largest absolute Gasteiger partial charge is 0.462 e. The van der Waals surface area contributed by atoms with E-state index in [1.54, 1.807) is 0 Å². The van der Waals surface area contributed by atoms with E-state index in [0.29, 0.717) is 19.4 Å². The summed E-state index contributed by atoms with van der Waals surface area (Å²) in [6, 6.07) is 0. The summed E-state index contributed by atoms with van der Waals surface area (Å²) in [6.45, 7) is 7.69. The third-order valence-corrected chi connectivity index (χ3v) is 10.5. The molecular weight excluding hydrogens is 717 g/mol. The first-order valence-electron chi connectivity index (χ1n) is 24.8. The molecule has 5 heteroatoms. The van der Waals surface area contributed by atoms with E-state index >= 15 is 0 Å². The van der Waals surface area contributed by atoms with Crippen molar-refractivity contribution in [2.75, 3.05) is 19.8 Å². The fourth-order valence-corrected chi connectivity index (χ4v) is 6.75. The summed E-state index contributed by atoms with van der Waals surface area (Å²) in [5.74, 6) is -0.430. The van der Waals surface area contributed by atoms with Crippen molar-refractivity contribution < 1.29 is 23.8 Å². The summed E-state index contributed by atoms with van der Waals surface area (Å²) in [6.07, 6.45) is 60.7. The molecule has 1 unspecified atom stereocenters. The lowest BCUT2D eigenvalue weighted by Crippen LogP contribution is -2.30. The van der Waals surface area contributed by atoms with E-state index in [1.165, 1.54) is 128 Å². The van der Waals surface area contributed by atoms with Gasteiger partial charge >= 0.3 is 11.9 Å². The predicted octanol–water partition coefficient (Wildman–Crippen LogP) is 16.6. The summed E-state index contributed by atoms with van der Waals surface area (Å²) >= 11 is 0. The van der Waals surface area contributed by atoms with Crippen molar-refractivity contribution in [3.63, 3.8) is 0 Å². The van der Waals surface area contributed by atoms with Gasteiger partial charge in [0.05, 0.1) is 6.61 Å². The molecule has 0 aliphatic rings. The Labute approximate surface area is 360 Å². The molecule has 0 aromatic rings. The van der Waals surface area contributed by atoms with E-state index in [0.717, 1.165) is 77.0 Å². The minimum absolute atomic E-state index is 0.0694. The van der Waals surface area contributed by atoms with Gasteiger partial charge in [-0.3, -0.25) is 9.59 Å². The molecule has 0 aliphatic heterocycles. The van der Waals surface area contributed by atoms with Gasteiger partial charge in [-0.25, -0.2) is 0 Å². The molecule has 0 amide bonds. The molecule has 58 heavy (non-hydrogen) atoms. The first-order valence-corrected chi connectivity index (χ1v) is 24.8. The minimum Gasteiger partial charge on any atom is -0.462 e. The van der Waals surface area contributed by atoms with Crippen LogP contribution in [0.2, 0.25) is 0 Å². The van der Waals surface area contributed by atoms with Crippen LogP contribution in [0, 0.1) is 0 Å². The zero-order valence-electron chi connectivity index (χ0n) is 38.6. The molecule has 0 bridgehead atoms. The maximum absolute atomic E-state index is 12.8. The highest BCUT2D eigenvalue weighted by Gasteiger charge is 2.17. The quantitative estimate of drug-likeness (QED) is 0.0348. The molecule has 0 radical (unpaired) electrons. The highest BCUT2D eigenvalue weighted by atomic mass is 16.6. The van der Waals surface area contributed by atoms with Crippen molar-refractivity contribution in [1.82, 2.24) is 0 Å². The van der Waals surface area contributed by atoms with Crippen molar-refractivity contribution in [3.8, 4) is 0 Å². The van der Waals surface area contributed by atoms with Gasteiger partial charge in [0.25, 0.3) is 0 Å². The average Bonchev–Trinajstić information content (AvgIpc) is 3.22. The van der Waals surface area contributed by atoms with Crippen LogP contribution in [0.1, 0.15) is 239 Å². The molecular formula is C53H94O5. The summed E-state index contributed by atoms with van der Waals surface area (Å²) in [7, 11) is 0. The number of esters is 2. The van der Waals surface area contributed by atoms with Gasteiger partial charge in [-0.1, -0.05) is 184 Å². The number of hydrogen-bond donors (Lipinski definition) is 0. The Bertz CT molecular complexity index is 1010. The first kappa shape index (κ1) is 55.6. The second-order valence-corrected chi connectivity index (χ2v) is 16.4. The monoisotopic (exact) mass is 811 g/mol. The second-order valence-electron chi connectivity index (χ2n) is 16.4. The van der Waals surface area contributed by atoms with Crippen LogP contribution in [0.3, 0.4) is 0 Å². The fourth-order valence-electron chi connectivity index (χ4n) is 6.75. The third kappa shape index (κ3) is 46.3. The van der Waals surface area contributed by atoms with Gasteiger partial charge in [0, 0.05) is 19.4 Å². The Morgan fingerprint density at radius 1 is 0.379 bits per heavy atom. The van der Waals surface area contributed by atoms with Crippen LogP contribution in [-0.4, -0.2) is 37.9 Å². The van der Waals surface area contributed by atoms with E-state index in [2.05, 4.69) is 81.5 Å². The van der Waals surface area contributed by atoms with Gasteiger partial charge in [-0.15, -0.1) is 0 Å². The molecule has 5 nitrogen and oxygen atoms in total. The standard InChI is InChI=1S/C53H94O5/c1-4-7-10-13-16-19-22-25-27-29-31-34-37-40-43-46-52(54)57-50-51(49-56-48-45-42-39-36-33-30-26-23-20-17-14-11-8-5-2)58-53(55)47-44-41-38-35-32-28-24-21-18-15-12-9-6-3/h12,15-16,19-21,23-25,27,51H,4-11,13-14,17-18,22,26,28-50H2,1-3H3/b15-12-,19-16-,23-20-,24-21-,27-25-. The Morgan fingerprint density at radius 2 is 0.759 bits per heavy atom. The summed E-state index contributed by atoms with van der Waals surface area (Å²) in [4.78, 5) is 25.3. The van der Waals surface area contributed by atoms with Crippen molar-refractivity contribution in [1.29, 1.82) is 0 Å². The Balaban J connectivity index is 4.31. The molecule has 0 heterocycles. The maximum Gasteiger partial charge on any atom is 0.306 e. The topological polar surface area (TPSA) is 61.8 Å². The third-order valence-electron chi connectivity index (χ3n) is 10.5. The van der Waals surface area contributed by atoms with Crippen molar-refractivity contribution >= 4 is 11.9 Å². The molecule has 0 rings (SSSR count). The highest BCUT2D eigenvalue weighted by Crippen LogP contribution is 2.13. The first-order chi connectivity index (χ1) is 28.6. The number of carbonyl (C=O) groups is 2. The number of carbonyl (C=O) groups excluding carboxylic acids is 2. The molecule has 0 saturated heterocycles. The van der Waals surface area contributed by atoms with Crippen molar-refractivity contribution in [2.24, 2.45) is 0 Å². The molecule has 0 saturated carbocycles. The predicted molar refractivity (Wildman–Crippen MR) is 251 cm³/mol. The van der Waals surface area contributed by atoms with Gasteiger partial charge in [-0.2, -0.15) is 0 Å². The smallest absolute Gasteiger partial charge is 0.306 e. The molecule has 1 atom stereocenters. The van der Waals surface area contributed by atoms with Crippen molar-refractivity contribution in [2.45, 2.75) is 245 Å². The number of allylic oxidation sites excluding steroid dienone is 10.